The lowest BCUT2D eigenvalue weighted by molar-refractivity contribution is -0.142. The van der Waals surface area contributed by atoms with Crippen LogP contribution in [0.3, 0.4) is 0 Å². The number of likely N-dealkylation sites (tertiary alicyclic amines) is 1. The molecule has 45 heavy (non-hydrogen) atoms. The molecule has 2 aromatic rings. The number of nitrogens with one attached hydrogen (secondary N) is 3. The molecule has 0 unspecified atom stereocenters. The number of carbonyl (C=O) groups excluding carboxylic acids is 5. The summed E-state index contributed by atoms with van der Waals surface area (Å²) in [7, 11) is 1.60. The molecule has 1 aromatic carbocycles. The van der Waals surface area contributed by atoms with Gasteiger partial charge in [-0.3, -0.25) is 24.0 Å². The van der Waals surface area contributed by atoms with Crippen molar-refractivity contribution in [2.75, 3.05) is 25.0 Å². The van der Waals surface area contributed by atoms with E-state index in [4.69, 9.17) is 10.2 Å². The highest BCUT2D eigenvalue weighted by Gasteiger charge is 2.39. The number of nitrogens with zero attached hydrogens (tertiary/aromatic N) is 3. The van der Waals surface area contributed by atoms with Gasteiger partial charge >= 0.3 is 11.6 Å². The SMILES string of the molecule is CC(C)C[C@H](NC(=O)[C@@H]1CCCN1C(=O)[C@H](C)NC(=O)[C@H](CC(C)C)N(C)c1nc2ccccc2c(=O)o1)C(=O)NCC(N)=O. The van der Waals surface area contributed by atoms with Crippen LogP contribution in [0.25, 0.3) is 10.9 Å². The van der Waals surface area contributed by atoms with Gasteiger partial charge in [0.25, 0.3) is 0 Å². The third-order valence-electron chi connectivity index (χ3n) is 7.64. The molecule has 0 aliphatic carbocycles. The highest BCUT2D eigenvalue weighted by molar-refractivity contribution is 5.96. The van der Waals surface area contributed by atoms with Crippen molar-refractivity contribution in [1.82, 2.24) is 25.8 Å². The smallest absolute Gasteiger partial charge is 0.348 e. The lowest BCUT2D eigenvalue weighted by Gasteiger charge is -2.31. The predicted octanol–water partition coefficient (Wildman–Crippen LogP) is 0.667. The van der Waals surface area contributed by atoms with E-state index in [2.05, 4.69) is 20.9 Å². The standard InChI is InChI=1S/C31H45N7O7/c1-17(2)14-22(26(40)33-16-25(32)39)35-27(41)23-12-9-13-38(23)29(43)19(5)34-28(42)24(15-18(3)4)37(6)31-36-21-11-8-7-10-20(21)30(44)45-31/h7-8,10-11,17-19,22-24H,9,12-16H2,1-6H3,(H2,32,39)(H,33,40)(H,34,42)(H,35,41)/t19-,22-,23-,24-/m0/s1. The molecule has 0 radical (unpaired) electrons. The van der Waals surface area contributed by atoms with Crippen molar-refractivity contribution in [3.8, 4) is 0 Å². The maximum Gasteiger partial charge on any atom is 0.348 e. The summed E-state index contributed by atoms with van der Waals surface area (Å²) in [5.74, 6) is -2.51. The van der Waals surface area contributed by atoms with E-state index in [0.29, 0.717) is 43.1 Å². The average molecular weight is 628 g/mol. The minimum absolute atomic E-state index is 0.0226. The number of carbonyl (C=O) groups is 5. The van der Waals surface area contributed by atoms with Crippen LogP contribution in [0.15, 0.2) is 33.5 Å². The summed E-state index contributed by atoms with van der Waals surface area (Å²) in [5.41, 5.74) is 4.99. The number of primary amides is 1. The first-order valence-corrected chi connectivity index (χ1v) is 15.3. The fourth-order valence-electron chi connectivity index (χ4n) is 5.37. The number of rotatable bonds is 14. The number of benzene rings is 1. The topological polar surface area (TPSA) is 197 Å². The Morgan fingerprint density at radius 2 is 1.69 bits per heavy atom. The number of nitrogens with two attached hydrogens (primary N) is 1. The van der Waals surface area contributed by atoms with Crippen molar-refractivity contribution in [2.24, 2.45) is 17.6 Å². The summed E-state index contributed by atoms with van der Waals surface area (Å²) in [6.45, 7) is 9.18. The highest BCUT2D eigenvalue weighted by Crippen LogP contribution is 2.22. The van der Waals surface area contributed by atoms with Gasteiger partial charge in [-0.25, -0.2) is 4.79 Å². The first-order chi connectivity index (χ1) is 21.2. The Hall–Kier alpha value is -4.49. The van der Waals surface area contributed by atoms with E-state index in [1.165, 1.54) is 9.80 Å². The molecule has 1 saturated heterocycles. The molecule has 0 spiro atoms. The Bertz CT molecular complexity index is 1460. The number of anilines is 1. The Morgan fingerprint density at radius 1 is 1.02 bits per heavy atom. The zero-order valence-corrected chi connectivity index (χ0v) is 26.8. The Kier molecular flexibility index (Phi) is 12.0. The zero-order chi connectivity index (χ0) is 33.4. The molecule has 14 heteroatoms. The number of amides is 5. The van der Waals surface area contributed by atoms with Gasteiger partial charge in [-0.15, -0.1) is 0 Å². The Balaban J connectivity index is 1.72. The number of fused-ring (bicyclic) bond motifs is 1. The van der Waals surface area contributed by atoms with Crippen LogP contribution < -0.4 is 32.2 Å². The van der Waals surface area contributed by atoms with Gasteiger partial charge in [0, 0.05) is 13.6 Å². The zero-order valence-electron chi connectivity index (χ0n) is 26.8. The molecule has 0 bridgehead atoms. The minimum Gasteiger partial charge on any atom is -0.389 e. The van der Waals surface area contributed by atoms with Gasteiger partial charge in [0.15, 0.2) is 0 Å². The normalized spacial score (nSPS) is 16.7. The summed E-state index contributed by atoms with van der Waals surface area (Å²) in [6, 6.07) is 3.19. The van der Waals surface area contributed by atoms with Crippen LogP contribution in [-0.2, 0) is 24.0 Å². The molecule has 5 amide bonds. The average Bonchev–Trinajstić information content (AvgIpc) is 3.47. The minimum atomic E-state index is -0.976. The molecule has 1 fully saturated rings. The summed E-state index contributed by atoms with van der Waals surface area (Å²) in [5, 5.41) is 8.26. The van der Waals surface area contributed by atoms with Crippen molar-refractivity contribution in [1.29, 1.82) is 0 Å². The van der Waals surface area contributed by atoms with Gasteiger partial charge in [0.2, 0.25) is 29.5 Å². The molecule has 246 valence electrons. The fourth-order valence-corrected chi connectivity index (χ4v) is 5.37. The maximum atomic E-state index is 13.6. The van der Waals surface area contributed by atoms with Crippen molar-refractivity contribution in [3.05, 3.63) is 34.7 Å². The van der Waals surface area contributed by atoms with Crippen LogP contribution in [-0.4, -0.2) is 83.7 Å². The Labute approximate surface area is 262 Å². The van der Waals surface area contributed by atoms with Crippen LogP contribution in [0.1, 0.15) is 60.3 Å². The van der Waals surface area contributed by atoms with E-state index in [-0.39, 0.29) is 24.4 Å². The molecule has 1 aromatic heterocycles. The summed E-state index contributed by atoms with van der Waals surface area (Å²) < 4.78 is 5.45. The largest absolute Gasteiger partial charge is 0.389 e. The molecular formula is C31H45N7O7. The van der Waals surface area contributed by atoms with Gasteiger partial charge in [-0.1, -0.05) is 39.8 Å². The molecule has 3 rings (SSSR count). The fraction of sp³-hybridized carbons (Fsp3) is 0.581. The van der Waals surface area contributed by atoms with Crippen molar-refractivity contribution < 1.29 is 28.4 Å². The van der Waals surface area contributed by atoms with E-state index < -0.39 is 59.3 Å². The lowest BCUT2D eigenvalue weighted by atomic mass is 10.0. The second-order valence-electron chi connectivity index (χ2n) is 12.4. The lowest BCUT2D eigenvalue weighted by Crippen LogP contribution is -2.57. The van der Waals surface area contributed by atoms with Crippen LogP contribution in [0.4, 0.5) is 6.01 Å². The molecule has 2 heterocycles. The second-order valence-corrected chi connectivity index (χ2v) is 12.4. The second kappa shape index (κ2) is 15.5. The van der Waals surface area contributed by atoms with Gasteiger partial charge in [0.05, 0.1) is 17.4 Å². The first-order valence-electron chi connectivity index (χ1n) is 15.3. The number of likely N-dealkylation sites (N-methyl/N-ethyl adjacent to an activating group) is 1. The van der Waals surface area contributed by atoms with E-state index >= 15 is 0 Å². The number of hydrogen-bond donors (Lipinski definition) is 4. The third-order valence-corrected chi connectivity index (χ3v) is 7.64. The molecule has 1 aliphatic heterocycles. The molecule has 5 N–H and O–H groups in total. The van der Waals surface area contributed by atoms with E-state index in [1.807, 2.05) is 27.7 Å². The van der Waals surface area contributed by atoms with E-state index in [0.717, 1.165) is 0 Å². The summed E-state index contributed by atoms with van der Waals surface area (Å²) in [4.78, 5) is 84.2. The number of aromatic nitrogens is 1. The first kappa shape index (κ1) is 35.0. The highest BCUT2D eigenvalue weighted by atomic mass is 16.4. The van der Waals surface area contributed by atoms with Crippen LogP contribution in [0.5, 0.6) is 0 Å². The summed E-state index contributed by atoms with van der Waals surface area (Å²) >= 11 is 0. The van der Waals surface area contributed by atoms with E-state index in [1.54, 1.807) is 38.2 Å². The van der Waals surface area contributed by atoms with E-state index in [9.17, 15) is 28.8 Å². The molecular weight excluding hydrogens is 582 g/mol. The van der Waals surface area contributed by atoms with Gasteiger partial charge in [-0.2, -0.15) is 4.98 Å². The molecule has 0 saturated carbocycles. The Morgan fingerprint density at radius 3 is 2.33 bits per heavy atom. The quantitative estimate of drug-likeness (QED) is 0.233. The number of hydrogen-bond acceptors (Lipinski definition) is 9. The predicted molar refractivity (Wildman–Crippen MR) is 168 cm³/mol. The van der Waals surface area contributed by atoms with Gasteiger partial charge < -0.3 is 35.9 Å². The molecule has 1 aliphatic rings. The van der Waals surface area contributed by atoms with Crippen LogP contribution in [0, 0.1) is 11.8 Å². The van der Waals surface area contributed by atoms with Crippen molar-refractivity contribution >= 4 is 46.5 Å². The van der Waals surface area contributed by atoms with Crippen LogP contribution >= 0.6 is 0 Å². The van der Waals surface area contributed by atoms with Crippen molar-refractivity contribution in [2.45, 2.75) is 84.5 Å². The monoisotopic (exact) mass is 627 g/mol. The van der Waals surface area contributed by atoms with Crippen LogP contribution in [0.2, 0.25) is 0 Å². The van der Waals surface area contributed by atoms with Crippen molar-refractivity contribution in [3.63, 3.8) is 0 Å². The molecule has 4 atom stereocenters. The maximum absolute atomic E-state index is 13.6. The third kappa shape index (κ3) is 9.25. The van der Waals surface area contributed by atoms with Gasteiger partial charge in [-0.05, 0) is 56.6 Å². The number of para-hydroxylation sites is 1. The summed E-state index contributed by atoms with van der Waals surface area (Å²) in [6.07, 6.45) is 1.66. The molecule has 14 nitrogen and oxygen atoms in total. The van der Waals surface area contributed by atoms with Gasteiger partial charge in [0.1, 0.15) is 24.2 Å².